The molecule has 0 amide bonds. The number of sulfonamides is 1. The van der Waals surface area contributed by atoms with Crippen LogP contribution < -0.4 is 15.2 Å². The van der Waals surface area contributed by atoms with Gasteiger partial charge in [-0.2, -0.15) is 5.10 Å². The quantitative estimate of drug-likeness (QED) is 0.452. The van der Waals surface area contributed by atoms with E-state index in [0.29, 0.717) is 15.8 Å². The zero-order valence-electron chi connectivity index (χ0n) is 18.2. The van der Waals surface area contributed by atoms with Crippen molar-refractivity contribution in [2.75, 3.05) is 13.2 Å². The number of nitrogens with two attached hydrogens (primary N) is 1. The van der Waals surface area contributed by atoms with Gasteiger partial charge in [-0.25, -0.2) is 13.1 Å². The van der Waals surface area contributed by atoms with E-state index in [9.17, 15) is 8.42 Å². The van der Waals surface area contributed by atoms with Crippen molar-refractivity contribution >= 4 is 33.2 Å². The van der Waals surface area contributed by atoms with Crippen molar-refractivity contribution in [3.05, 3.63) is 75.5 Å². The highest BCUT2D eigenvalue weighted by Crippen LogP contribution is 2.36. The van der Waals surface area contributed by atoms with Crippen LogP contribution in [0, 0.1) is 0 Å². The van der Waals surface area contributed by atoms with E-state index in [4.69, 9.17) is 33.7 Å². The lowest BCUT2D eigenvalue weighted by Crippen LogP contribution is -2.34. The zero-order chi connectivity index (χ0) is 23.6. The van der Waals surface area contributed by atoms with Crippen LogP contribution in [-0.2, 0) is 29.9 Å². The van der Waals surface area contributed by atoms with Crippen molar-refractivity contribution in [2.45, 2.75) is 36.1 Å². The van der Waals surface area contributed by atoms with E-state index in [0.717, 1.165) is 30.4 Å². The standard InChI is InChI=1S/C23H26Cl2N4O3S/c1-29-14-18(13-27-29)33(30,31)28-8-9-32-17-5-3-16-4-7-23(26)20(19(16)12-17)10-15-2-6-21(24)22(25)11-15/h2-3,5-6,11-14,20,23,28H,4,7-10,26H2,1H3/t20-,23+/m1/s1. The maximum atomic E-state index is 12.3. The molecular weight excluding hydrogens is 483 g/mol. The lowest BCUT2D eigenvalue weighted by molar-refractivity contribution is 0.321. The van der Waals surface area contributed by atoms with Gasteiger partial charge < -0.3 is 10.5 Å². The maximum absolute atomic E-state index is 12.3. The monoisotopic (exact) mass is 508 g/mol. The summed E-state index contributed by atoms with van der Waals surface area (Å²) in [5.41, 5.74) is 10.00. The number of aromatic nitrogens is 2. The molecule has 3 aromatic rings. The Morgan fingerprint density at radius 1 is 1.21 bits per heavy atom. The van der Waals surface area contributed by atoms with Crippen molar-refractivity contribution in [2.24, 2.45) is 12.8 Å². The SMILES string of the molecule is Cn1cc(S(=O)(=O)NCCOc2ccc3c(c2)[C@@H](Cc2ccc(Cl)c(Cl)c2)[C@@H](N)CC3)cn1. The molecule has 0 bridgehead atoms. The largest absolute Gasteiger partial charge is 0.492 e. The van der Waals surface area contributed by atoms with Crippen LogP contribution in [-0.4, -0.2) is 37.4 Å². The van der Waals surface area contributed by atoms with E-state index < -0.39 is 10.0 Å². The first-order valence-electron chi connectivity index (χ1n) is 10.7. The molecule has 2 aromatic carbocycles. The third-order valence-corrected chi connectivity index (χ3v) is 8.03. The molecule has 0 saturated heterocycles. The number of aryl methyl sites for hydroxylation is 2. The van der Waals surface area contributed by atoms with Crippen molar-refractivity contribution in [1.82, 2.24) is 14.5 Å². The predicted octanol–water partition coefficient (Wildman–Crippen LogP) is 3.68. The van der Waals surface area contributed by atoms with E-state index >= 15 is 0 Å². The molecule has 0 saturated carbocycles. The second-order valence-electron chi connectivity index (χ2n) is 8.22. The summed E-state index contributed by atoms with van der Waals surface area (Å²) in [5.74, 6) is 0.807. The minimum atomic E-state index is -3.62. The van der Waals surface area contributed by atoms with Crippen LogP contribution in [0.5, 0.6) is 5.75 Å². The normalized spacial score (nSPS) is 18.2. The minimum Gasteiger partial charge on any atom is -0.492 e. The first-order valence-corrected chi connectivity index (χ1v) is 12.9. The van der Waals surface area contributed by atoms with Crippen molar-refractivity contribution in [1.29, 1.82) is 0 Å². The number of rotatable bonds is 8. The molecule has 176 valence electrons. The van der Waals surface area contributed by atoms with Gasteiger partial charge in [-0.1, -0.05) is 35.3 Å². The van der Waals surface area contributed by atoms with Gasteiger partial charge in [0.25, 0.3) is 0 Å². The number of benzene rings is 2. The summed E-state index contributed by atoms with van der Waals surface area (Å²) in [4.78, 5) is 0.123. The van der Waals surface area contributed by atoms with Gasteiger partial charge in [0.1, 0.15) is 17.3 Å². The Morgan fingerprint density at radius 3 is 2.76 bits per heavy atom. The molecule has 1 aliphatic carbocycles. The third kappa shape index (κ3) is 5.70. The Balaban J connectivity index is 1.42. The first-order chi connectivity index (χ1) is 15.7. The molecular formula is C23H26Cl2N4O3S. The Labute approximate surface area is 203 Å². The smallest absolute Gasteiger partial charge is 0.243 e. The number of halogens is 2. The highest BCUT2D eigenvalue weighted by molar-refractivity contribution is 7.89. The van der Waals surface area contributed by atoms with Gasteiger partial charge in [0.2, 0.25) is 10.0 Å². The van der Waals surface area contributed by atoms with Gasteiger partial charge in [0.15, 0.2) is 0 Å². The molecule has 0 aliphatic heterocycles. The summed E-state index contributed by atoms with van der Waals surface area (Å²) in [6, 6.07) is 11.7. The summed E-state index contributed by atoms with van der Waals surface area (Å²) >= 11 is 12.3. The van der Waals surface area contributed by atoms with Gasteiger partial charge in [-0.15, -0.1) is 0 Å². The van der Waals surface area contributed by atoms with Gasteiger partial charge in [0, 0.05) is 31.7 Å². The number of nitrogens with one attached hydrogen (secondary N) is 1. The summed E-state index contributed by atoms with van der Waals surface area (Å²) in [6.07, 6.45) is 5.34. The van der Waals surface area contributed by atoms with E-state index in [-0.39, 0.29) is 30.0 Å². The predicted molar refractivity (Wildman–Crippen MR) is 130 cm³/mol. The van der Waals surface area contributed by atoms with Crippen LogP contribution in [0.2, 0.25) is 10.0 Å². The van der Waals surface area contributed by atoms with Crippen molar-refractivity contribution in [3.63, 3.8) is 0 Å². The number of hydrogen-bond donors (Lipinski definition) is 2. The molecule has 4 rings (SSSR count). The molecule has 1 aliphatic rings. The highest BCUT2D eigenvalue weighted by atomic mass is 35.5. The average molecular weight is 509 g/mol. The van der Waals surface area contributed by atoms with Crippen LogP contribution in [0.25, 0.3) is 0 Å². The number of ether oxygens (including phenoxy) is 1. The molecule has 0 unspecified atom stereocenters. The van der Waals surface area contributed by atoms with Crippen LogP contribution in [0.3, 0.4) is 0 Å². The van der Waals surface area contributed by atoms with E-state index in [1.54, 1.807) is 13.1 Å². The van der Waals surface area contributed by atoms with Gasteiger partial charge in [-0.3, -0.25) is 4.68 Å². The molecule has 33 heavy (non-hydrogen) atoms. The van der Waals surface area contributed by atoms with E-state index in [1.807, 2.05) is 24.3 Å². The van der Waals surface area contributed by atoms with E-state index in [1.165, 1.54) is 22.6 Å². The maximum Gasteiger partial charge on any atom is 0.243 e. The van der Waals surface area contributed by atoms with Crippen LogP contribution >= 0.6 is 23.2 Å². The fraction of sp³-hybridized carbons (Fsp3) is 0.348. The molecule has 10 heteroatoms. The average Bonchev–Trinajstić information content (AvgIpc) is 3.23. The fourth-order valence-electron chi connectivity index (χ4n) is 4.14. The molecule has 1 heterocycles. The number of hydrogen-bond acceptors (Lipinski definition) is 5. The first kappa shape index (κ1) is 24.0. The Hall–Kier alpha value is -2.10. The van der Waals surface area contributed by atoms with Crippen molar-refractivity contribution in [3.8, 4) is 5.75 Å². The summed E-state index contributed by atoms with van der Waals surface area (Å²) in [7, 11) is -1.95. The zero-order valence-corrected chi connectivity index (χ0v) is 20.5. The lowest BCUT2D eigenvalue weighted by atomic mass is 9.76. The second kappa shape index (κ2) is 10.0. The molecule has 0 fully saturated rings. The Bertz CT molecular complexity index is 1250. The highest BCUT2D eigenvalue weighted by Gasteiger charge is 2.28. The Morgan fingerprint density at radius 2 is 2.03 bits per heavy atom. The van der Waals surface area contributed by atoms with Crippen LogP contribution in [0.15, 0.2) is 53.7 Å². The molecule has 1 aromatic heterocycles. The molecule has 0 spiro atoms. The fourth-order valence-corrected chi connectivity index (χ4v) is 5.45. The summed E-state index contributed by atoms with van der Waals surface area (Å²) in [6.45, 7) is 0.336. The number of nitrogens with zero attached hydrogens (tertiary/aromatic N) is 2. The third-order valence-electron chi connectivity index (χ3n) is 5.87. The lowest BCUT2D eigenvalue weighted by Gasteiger charge is -2.32. The van der Waals surface area contributed by atoms with Crippen LogP contribution in [0.4, 0.5) is 0 Å². The molecule has 3 N–H and O–H groups in total. The minimum absolute atomic E-state index is 0.0218. The second-order valence-corrected chi connectivity index (χ2v) is 10.8. The van der Waals surface area contributed by atoms with Crippen molar-refractivity contribution < 1.29 is 13.2 Å². The van der Waals surface area contributed by atoms with Crippen LogP contribution in [0.1, 0.15) is 29.0 Å². The topological polar surface area (TPSA) is 99.2 Å². The molecule has 7 nitrogen and oxygen atoms in total. The van der Waals surface area contributed by atoms with Gasteiger partial charge >= 0.3 is 0 Å². The van der Waals surface area contributed by atoms with Gasteiger partial charge in [0.05, 0.1) is 16.2 Å². The molecule has 0 radical (unpaired) electrons. The number of fused-ring (bicyclic) bond motifs is 1. The summed E-state index contributed by atoms with van der Waals surface area (Å²) in [5, 5.41) is 4.96. The summed E-state index contributed by atoms with van der Waals surface area (Å²) < 4.78 is 34.4. The van der Waals surface area contributed by atoms with Gasteiger partial charge in [-0.05, 0) is 60.2 Å². The Kier molecular flexibility index (Phi) is 7.31. The molecule has 2 atom stereocenters. The van der Waals surface area contributed by atoms with E-state index in [2.05, 4.69) is 15.9 Å².